The van der Waals surface area contributed by atoms with Crippen molar-refractivity contribution < 1.29 is 13.6 Å². The van der Waals surface area contributed by atoms with Crippen molar-refractivity contribution in [2.45, 2.75) is 13.8 Å². The largest absolute Gasteiger partial charge is 0.457 e. The van der Waals surface area contributed by atoms with Crippen LogP contribution in [0.25, 0.3) is 40.0 Å². The Morgan fingerprint density at radius 3 is 2.50 bits per heavy atom. The number of carbonyl (C=O) groups is 1. The third kappa shape index (κ3) is 5.97. The minimum atomic E-state index is -0.412. The van der Waals surface area contributed by atoms with Crippen LogP contribution in [0.4, 0.5) is 5.69 Å². The normalized spacial score (nSPS) is 11.3. The van der Waals surface area contributed by atoms with Gasteiger partial charge in [0.1, 0.15) is 17.0 Å². The smallest absolute Gasteiger partial charge is 0.250 e. The van der Waals surface area contributed by atoms with Gasteiger partial charge < -0.3 is 14.2 Å². The standard InChI is InChI=1S/C29H21Cl2N3O3S/c1-16-11-17(2)13-18(12-16)28-33-24-15-20(4-8-26(24)37-28)32-29(38)34-27(35)10-6-21-5-9-25(36-21)22-7-3-19(30)14-23(22)31/h3-15H,1-2H3,(H2,32,34,35,38)/b10-6+. The van der Waals surface area contributed by atoms with Crippen molar-refractivity contribution in [3.05, 3.63) is 99.7 Å². The van der Waals surface area contributed by atoms with E-state index in [1.54, 1.807) is 42.5 Å². The molecule has 0 fully saturated rings. The average molecular weight is 562 g/mol. The number of hydrogen-bond donors (Lipinski definition) is 2. The van der Waals surface area contributed by atoms with Crippen LogP contribution in [-0.4, -0.2) is 16.0 Å². The lowest BCUT2D eigenvalue weighted by atomic mass is 10.1. The summed E-state index contributed by atoms with van der Waals surface area (Å²) in [5.74, 6) is 1.18. The van der Waals surface area contributed by atoms with Crippen LogP contribution >= 0.6 is 35.4 Å². The van der Waals surface area contributed by atoms with Crippen molar-refractivity contribution >= 4 is 69.3 Å². The van der Waals surface area contributed by atoms with E-state index in [2.05, 4.69) is 21.7 Å². The molecule has 2 aromatic heterocycles. The minimum absolute atomic E-state index is 0.144. The third-order valence-electron chi connectivity index (χ3n) is 5.57. The highest BCUT2D eigenvalue weighted by molar-refractivity contribution is 7.80. The molecule has 0 bridgehead atoms. The quantitative estimate of drug-likeness (QED) is 0.166. The number of fused-ring (bicyclic) bond motifs is 1. The summed E-state index contributed by atoms with van der Waals surface area (Å²) < 4.78 is 11.7. The second-order valence-electron chi connectivity index (χ2n) is 8.68. The van der Waals surface area contributed by atoms with Crippen molar-refractivity contribution in [1.29, 1.82) is 0 Å². The summed E-state index contributed by atoms with van der Waals surface area (Å²) in [6.07, 6.45) is 2.87. The Kier molecular flexibility index (Phi) is 7.33. The van der Waals surface area contributed by atoms with Gasteiger partial charge in [0.25, 0.3) is 0 Å². The van der Waals surface area contributed by atoms with Gasteiger partial charge in [-0.15, -0.1) is 0 Å². The lowest BCUT2D eigenvalue weighted by Crippen LogP contribution is -2.32. The zero-order valence-electron chi connectivity index (χ0n) is 20.3. The topological polar surface area (TPSA) is 80.3 Å². The first-order valence-corrected chi connectivity index (χ1v) is 12.7. The predicted molar refractivity (Wildman–Crippen MR) is 156 cm³/mol. The van der Waals surface area contributed by atoms with Crippen LogP contribution in [-0.2, 0) is 4.79 Å². The Morgan fingerprint density at radius 2 is 1.74 bits per heavy atom. The van der Waals surface area contributed by atoms with E-state index < -0.39 is 5.91 Å². The Morgan fingerprint density at radius 1 is 0.947 bits per heavy atom. The van der Waals surface area contributed by atoms with Crippen LogP contribution in [0.2, 0.25) is 10.0 Å². The summed E-state index contributed by atoms with van der Waals surface area (Å²) in [7, 11) is 0. The first-order valence-electron chi connectivity index (χ1n) is 11.6. The number of nitrogens with one attached hydrogen (secondary N) is 2. The number of benzene rings is 3. The maximum Gasteiger partial charge on any atom is 0.250 e. The number of anilines is 1. The van der Waals surface area contributed by atoms with E-state index in [-0.39, 0.29) is 5.11 Å². The monoisotopic (exact) mass is 561 g/mol. The van der Waals surface area contributed by atoms with Gasteiger partial charge in [-0.2, -0.15) is 0 Å². The molecule has 0 unspecified atom stereocenters. The molecule has 0 spiro atoms. The van der Waals surface area contributed by atoms with Crippen molar-refractivity contribution in [1.82, 2.24) is 10.3 Å². The Labute approximate surface area is 234 Å². The van der Waals surface area contributed by atoms with Gasteiger partial charge in [0.2, 0.25) is 11.8 Å². The molecule has 6 nitrogen and oxygen atoms in total. The Balaban J connectivity index is 1.21. The van der Waals surface area contributed by atoms with Gasteiger partial charge in [-0.05, 0) is 92.8 Å². The first kappa shape index (κ1) is 25.7. The van der Waals surface area contributed by atoms with E-state index in [4.69, 9.17) is 44.3 Å². The Hall–Kier alpha value is -3.91. The van der Waals surface area contributed by atoms with Crippen LogP contribution in [0.5, 0.6) is 0 Å². The number of carbonyl (C=O) groups excluding carboxylic acids is 1. The predicted octanol–water partition coefficient (Wildman–Crippen LogP) is 8.20. The van der Waals surface area contributed by atoms with Crippen molar-refractivity contribution in [2.75, 3.05) is 5.32 Å². The van der Waals surface area contributed by atoms with Crippen LogP contribution in [0.15, 0.2) is 81.6 Å². The molecule has 0 saturated heterocycles. The Bertz CT molecular complexity index is 1700. The number of amides is 1. The van der Waals surface area contributed by atoms with Gasteiger partial charge in [-0.3, -0.25) is 10.1 Å². The molecule has 0 saturated carbocycles. The first-order chi connectivity index (χ1) is 18.2. The van der Waals surface area contributed by atoms with Gasteiger partial charge in [0, 0.05) is 27.9 Å². The maximum absolute atomic E-state index is 12.4. The van der Waals surface area contributed by atoms with Crippen LogP contribution in [0, 0.1) is 13.8 Å². The van der Waals surface area contributed by atoms with E-state index in [1.165, 1.54) is 6.08 Å². The van der Waals surface area contributed by atoms with Crippen molar-refractivity contribution in [3.8, 4) is 22.8 Å². The molecule has 5 rings (SSSR count). The van der Waals surface area contributed by atoms with Gasteiger partial charge in [-0.1, -0.05) is 40.4 Å². The molecule has 3 aromatic carbocycles. The lowest BCUT2D eigenvalue weighted by molar-refractivity contribution is -0.115. The molecule has 0 radical (unpaired) electrons. The number of furan rings is 1. The number of halogens is 2. The molecular weight excluding hydrogens is 541 g/mol. The van der Waals surface area contributed by atoms with Crippen LogP contribution in [0.3, 0.4) is 0 Å². The van der Waals surface area contributed by atoms with Gasteiger partial charge in [-0.25, -0.2) is 4.98 Å². The molecule has 2 N–H and O–H groups in total. The minimum Gasteiger partial charge on any atom is -0.457 e. The zero-order valence-corrected chi connectivity index (χ0v) is 22.7. The highest BCUT2D eigenvalue weighted by Gasteiger charge is 2.12. The van der Waals surface area contributed by atoms with E-state index in [1.807, 2.05) is 38.1 Å². The summed E-state index contributed by atoms with van der Waals surface area (Å²) >= 11 is 17.5. The number of hydrogen-bond acceptors (Lipinski definition) is 5. The van der Waals surface area contributed by atoms with E-state index >= 15 is 0 Å². The number of aryl methyl sites for hydroxylation is 2. The van der Waals surface area contributed by atoms with Crippen molar-refractivity contribution in [3.63, 3.8) is 0 Å². The van der Waals surface area contributed by atoms with E-state index in [9.17, 15) is 4.79 Å². The lowest BCUT2D eigenvalue weighted by Gasteiger charge is -2.07. The summed E-state index contributed by atoms with van der Waals surface area (Å²) in [6.45, 7) is 4.07. The van der Waals surface area contributed by atoms with Gasteiger partial charge >= 0.3 is 0 Å². The molecule has 9 heteroatoms. The number of aromatic nitrogens is 1. The zero-order chi connectivity index (χ0) is 26.8. The number of oxazole rings is 1. The molecule has 190 valence electrons. The maximum atomic E-state index is 12.4. The third-order valence-corrected chi connectivity index (χ3v) is 6.33. The molecular formula is C29H21Cl2N3O3S. The van der Waals surface area contributed by atoms with E-state index in [0.717, 1.165) is 16.7 Å². The van der Waals surface area contributed by atoms with Gasteiger partial charge in [0.05, 0.1) is 5.02 Å². The SMILES string of the molecule is Cc1cc(C)cc(-c2nc3cc(NC(=S)NC(=O)/C=C/c4ccc(-c5ccc(Cl)cc5Cl)o4)ccc3o2)c1. The molecule has 2 heterocycles. The van der Waals surface area contributed by atoms with Gasteiger partial charge in [0.15, 0.2) is 10.7 Å². The molecule has 0 aliphatic heterocycles. The van der Waals surface area contributed by atoms with Crippen LogP contribution < -0.4 is 10.6 Å². The number of nitrogens with zero attached hydrogens (tertiary/aromatic N) is 1. The fraction of sp³-hybridized carbons (Fsp3) is 0.0690. The molecule has 38 heavy (non-hydrogen) atoms. The fourth-order valence-corrected chi connectivity index (χ4v) is 4.70. The average Bonchev–Trinajstić information content (AvgIpc) is 3.49. The highest BCUT2D eigenvalue weighted by Crippen LogP contribution is 2.32. The summed E-state index contributed by atoms with van der Waals surface area (Å²) in [5.41, 5.74) is 5.89. The van der Waals surface area contributed by atoms with Crippen LogP contribution in [0.1, 0.15) is 16.9 Å². The summed E-state index contributed by atoms with van der Waals surface area (Å²) in [6, 6.07) is 20.2. The highest BCUT2D eigenvalue weighted by atomic mass is 35.5. The molecule has 5 aromatic rings. The summed E-state index contributed by atoms with van der Waals surface area (Å²) in [5, 5.41) is 6.77. The molecule has 0 atom stereocenters. The second-order valence-corrected chi connectivity index (χ2v) is 9.93. The molecule has 0 aliphatic carbocycles. The second kappa shape index (κ2) is 10.8. The molecule has 1 amide bonds. The number of rotatable bonds is 5. The molecule has 0 aliphatic rings. The fourth-order valence-electron chi connectivity index (χ4n) is 3.98. The number of thiocarbonyl (C=S) groups is 1. The summed E-state index contributed by atoms with van der Waals surface area (Å²) in [4.78, 5) is 17.0. The van der Waals surface area contributed by atoms with Crippen molar-refractivity contribution in [2.24, 2.45) is 0 Å². The van der Waals surface area contributed by atoms with E-state index in [0.29, 0.717) is 49.8 Å².